The first kappa shape index (κ1) is 19.9. The Kier molecular flexibility index (Phi) is 6.62. The Labute approximate surface area is 168 Å². The van der Waals surface area contributed by atoms with Gasteiger partial charge in [-0.25, -0.2) is 4.79 Å². The van der Waals surface area contributed by atoms with Crippen LogP contribution in [0.4, 0.5) is 10.5 Å². The van der Waals surface area contributed by atoms with Gasteiger partial charge in [0, 0.05) is 42.5 Å². The molecule has 0 spiro atoms. The van der Waals surface area contributed by atoms with Crippen LogP contribution < -0.4 is 10.6 Å². The van der Waals surface area contributed by atoms with E-state index in [0.29, 0.717) is 42.5 Å². The molecule has 0 radical (unpaired) electrons. The average Bonchev–Trinajstić information content (AvgIpc) is 2.69. The Hall–Kier alpha value is -2.90. The molecule has 0 aromatic heterocycles. The van der Waals surface area contributed by atoms with Crippen molar-refractivity contribution in [1.82, 2.24) is 15.1 Å². The van der Waals surface area contributed by atoms with Gasteiger partial charge in [0.05, 0.1) is 6.54 Å². The number of urea groups is 1. The maximum Gasteiger partial charge on any atom is 0.325 e. The van der Waals surface area contributed by atoms with Gasteiger partial charge in [0.2, 0.25) is 5.91 Å². The van der Waals surface area contributed by atoms with Crippen molar-refractivity contribution in [2.75, 3.05) is 38.0 Å². The van der Waals surface area contributed by atoms with Gasteiger partial charge < -0.3 is 10.2 Å². The molecule has 0 saturated carbocycles. The number of nitrogens with zero attached hydrogens (tertiary/aromatic N) is 2. The van der Waals surface area contributed by atoms with Crippen LogP contribution in [0.5, 0.6) is 0 Å². The van der Waals surface area contributed by atoms with Crippen LogP contribution in [0.15, 0.2) is 54.6 Å². The van der Waals surface area contributed by atoms with E-state index in [-0.39, 0.29) is 18.4 Å². The maximum atomic E-state index is 12.5. The van der Waals surface area contributed by atoms with Crippen LogP contribution in [-0.2, 0) is 4.79 Å². The highest BCUT2D eigenvalue weighted by atomic mass is 35.5. The molecular weight excluding hydrogens is 380 g/mol. The van der Waals surface area contributed by atoms with Crippen molar-refractivity contribution in [3.63, 3.8) is 0 Å². The minimum absolute atomic E-state index is 0.0528. The first-order chi connectivity index (χ1) is 13.5. The molecule has 1 fully saturated rings. The molecule has 0 atom stereocenters. The maximum absolute atomic E-state index is 12.5. The highest BCUT2D eigenvalue weighted by Crippen LogP contribution is 2.13. The Morgan fingerprint density at radius 3 is 2.18 bits per heavy atom. The average molecular weight is 401 g/mol. The number of hydrogen-bond donors (Lipinski definition) is 2. The molecule has 146 valence electrons. The minimum Gasteiger partial charge on any atom is -0.336 e. The summed E-state index contributed by atoms with van der Waals surface area (Å²) < 4.78 is 0. The van der Waals surface area contributed by atoms with Crippen LogP contribution in [0.1, 0.15) is 10.4 Å². The van der Waals surface area contributed by atoms with E-state index >= 15 is 0 Å². The number of carbonyl (C=O) groups excluding carboxylic acids is 3. The van der Waals surface area contributed by atoms with Crippen molar-refractivity contribution in [3.8, 4) is 0 Å². The van der Waals surface area contributed by atoms with Crippen LogP contribution in [-0.4, -0.2) is 60.4 Å². The summed E-state index contributed by atoms with van der Waals surface area (Å²) in [5.41, 5.74) is 1.20. The predicted octanol–water partition coefficient (Wildman–Crippen LogP) is 2.45. The molecule has 7 nitrogen and oxygen atoms in total. The van der Waals surface area contributed by atoms with Crippen molar-refractivity contribution < 1.29 is 14.4 Å². The van der Waals surface area contributed by atoms with E-state index in [1.807, 2.05) is 11.0 Å². The molecule has 3 rings (SSSR count). The summed E-state index contributed by atoms with van der Waals surface area (Å²) in [6, 6.07) is 15.1. The lowest BCUT2D eigenvalue weighted by Crippen LogP contribution is -2.51. The van der Waals surface area contributed by atoms with Crippen molar-refractivity contribution in [2.45, 2.75) is 0 Å². The molecule has 1 saturated heterocycles. The fourth-order valence-corrected chi connectivity index (χ4v) is 3.06. The second kappa shape index (κ2) is 9.34. The summed E-state index contributed by atoms with van der Waals surface area (Å²) in [4.78, 5) is 40.1. The highest BCUT2D eigenvalue weighted by Gasteiger charge is 2.23. The number of benzene rings is 2. The summed E-state index contributed by atoms with van der Waals surface area (Å²) in [5.74, 6) is -0.436. The third-order valence-electron chi connectivity index (χ3n) is 4.40. The Morgan fingerprint density at radius 1 is 0.893 bits per heavy atom. The van der Waals surface area contributed by atoms with Gasteiger partial charge in [-0.2, -0.15) is 0 Å². The third kappa shape index (κ3) is 5.55. The number of rotatable bonds is 4. The molecule has 1 aliphatic rings. The number of anilines is 1. The van der Waals surface area contributed by atoms with Crippen molar-refractivity contribution in [1.29, 1.82) is 0 Å². The molecule has 2 N–H and O–H groups in total. The van der Waals surface area contributed by atoms with Crippen LogP contribution in [0, 0.1) is 0 Å². The van der Waals surface area contributed by atoms with Crippen LogP contribution >= 0.6 is 11.6 Å². The zero-order valence-electron chi connectivity index (χ0n) is 15.2. The van der Waals surface area contributed by atoms with Gasteiger partial charge >= 0.3 is 6.03 Å². The van der Waals surface area contributed by atoms with Crippen molar-refractivity contribution in [2.24, 2.45) is 0 Å². The van der Waals surface area contributed by atoms with Gasteiger partial charge in [-0.05, 0) is 36.4 Å². The molecule has 2 aromatic carbocycles. The Morgan fingerprint density at radius 2 is 1.54 bits per heavy atom. The topological polar surface area (TPSA) is 81.8 Å². The van der Waals surface area contributed by atoms with E-state index in [1.54, 1.807) is 53.4 Å². The van der Waals surface area contributed by atoms with E-state index < -0.39 is 6.03 Å². The summed E-state index contributed by atoms with van der Waals surface area (Å²) in [6.45, 7) is 2.27. The first-order valence-electron chi connectivity index (χ1n) is 8.94. The molecule has 28 heavy (non-hydrogen) atoms. The summed E-state index contributed by atoms with van der Waals surface area (Å²) in [7, 11) is 0. The van der Waals surface area contributed by atoms with E-state index in [1.165, 1.54) is 0 Å². The summed E-state index contributed by atoms with van der Waals surface area (Å²) in [5, 5.41) is 5.51. The number of hydrogen-bond acceptors (Lipinski definition) is 4. The monoisotopic (exact) mass is 400 g/mol. The van der Waals surface area contributed by atoms with Crippen molar-refractivity contribution >= 4 is 35.1 Å². The Balaban J connectivity index is 1.42. The molecule has 0 aliphatic carbocycles. The predicted molar refractivity (Wildman–Crippen MR) is 107 cm³/mol. The molecule has 4 amide bonds. The Bertz CT molecular complexity index is 834. The van der Waals surface area contributed by atoms with Crippen LogP contribution in [0.25, 0.3) is 0 Å². The summed E-state index contributed by atoms with van der Waals surface area (Å²) in [6.07, 6.45) is 0. The first-order valence-corrected chi connectivity index (χ1v) is 9.32. The fourth-order valence-electron chi connectivity index (χ4n) is 2.94. The van der Waals surface area contributed by atoms with Crippen LogP contribution in [0.3, 0.4) is 0 Å². The molecule has 1 heterocycles. The van der Waals surface area contributed by atoms with Gasteiger partial charge in [-0.3, -0.25) is 19.8 Å². The summed E-state index contributed by atoms with van der Waals surface area (Å²) >= 11 is 5.85. The standard InChI is InChI=1S/C20H21ClN4O3/c21-16-8-6-15(7-9-16)19(27)25-12-10-24(11-13-25)14-18(26)23-20(28)22-17-4-2-1-3-5-17/h1-9H,10-14H2,(H2,22,23,26,28). The smallest absolute Gasteiger partial charge is 0.325 e. The zero-order chi connectivity index (χ0) is 19.9. The number of amides is 4. The molecule has 1 aliphatic heterocycles. The van der Waals surface area contributed by atoms with E-state index in [9.17, 15) is 14.4 Å². The molecule has 2 aromatic rings. The lowest BCUT2D eigenvalue weighted by molar-refractivity contribution is -0.121. The quantitative estimate of drug-likeness (QED) is 0.826. The highest BCUT2D eigenvalue weighted by molar-refractivity contribution is 6.30. The normalized spacial score (nSPS) is 14.4. The van der Waals surface area contributed by atoms with E-state index in [4.69, 9.17) is 11.6 Å². The number of carbonyl (C=O) groups is 3. The number of nitrogens with one attached hydrogen (secondary N) is 2. The number of para-hydroxylation sites is 1. The second-order valence-electron chi connectivity index (χ2n) is 6.44. The van der Waals surface area contributed by atoms with Gasteiger partial charge in [-0.1, -0.05) is 29.8 Å². The van der Waals surface area contributed by atoms with Gasteiger partial charge in [0.15, 0.2) is 0 Å². The fraction of sp³-hybridized carbons (Fsp3) is 0.250. The third-order valence-corrected chi connectivity index (χ3v) is 4.65. The lowest BCUT2D eigenvalue weighted by atomic mass is 10.2. The van der Waals surface area contributed by atoms with Gasteiger partial charge in [-0.15, -0.1) is 0 Å². The van der Waals surface area contributed by atoms with Gasteiger partial charge in [0.1, 0.15) is 0 Å². The van der Waals surface area contributed by atoms with Crippen LogP contribution in [0.2, 0.25) is 5.02 Å². The molecule has 0 unspecified atom stereocenters. The van der Waals surface area contributed by atoms with E-state index in [0.717, 1.165) is 0 Å². The SMILES string of the molecule is O=C(CN1CCN(C(=O)c2ccc(Cl)cc2)CC1)NC(=O)Nc1ccccc1. The zero-order valence-corrected chi connectivity index (χ0v) is 16.0. The lowest BCUT2D eigenvalue weighted by Gasteiger charge is -2.34. The largest absolute Gasteiger partial charge is 0.336 e. The van der Waals surface area contributed by atoms with E-state index in [2.05, 4.69) is 10.6 Å². The number of halogens is 1. The minimum atomic E-state index is -0.562. The van der Waals surface area contributed by atoms with Crippen molar-refractivity contribution in [3.05, 3.63) is 65.2 Å². The number of imide groups is 1. The molecule has 0 bridgehead atoms. The van der Waals surface area contributed by atoms with Gasteiger partial charge in [0.25, 0.3) is 5.91 Å². The number of piperazine rings is 1. The molecular formula is C20H21ClN4O3. The molecule has 8 heteroatoms. The second-order valence-corrected chi connectivity index (χ2v) is 6.88.